The number of allylic oxidation sites excluding steroid dienone is 6. The van der Waals surface area contributed by atoms with Crippen molar-refractivity contribution in [2.24, 2.45) is 5.73 Å². The van der Waals surface area contributed by atoms with Crippen molar-refractivity contribution in [1.82, 2.24) is 0 Å². The number of rotatable bonds is 46. The van der Waals surface area contributed by atoms with Gasteiger partial charge in [-0.25, -0.2) is 4.57 Å². The monoisotopic (exact) mass is 854 g/mol. The van der Waals surface area contributed by atoms with E-state index in [0.717, 1.165) is 70.6 Å². The first-order valence-corrected chi connectivity index (χ1v) is 26.0. The molecule has 0 aliphatic rings. The van der Waals surface area contributed by atoms with E-state index < -0.39 is 26.5 Å². The Morgan fingerprint density at radius 3 is 1.31 bits per heavy atom. The highest BCUT2D eigenvalue weighted by Crippen LogP contribution is 2.43. The molecule has 10 heteroatoms. The van der Waals surface area contributed by atoms with Crippen LogP contribution in [0, 0.1) is 0 Å². The fourth-order valence-electron chi connectivity index (χ4n) is 6.88. The number of hydrogen-bond acceptors (Lipinski definition) is 8. The first kappa shape index (κ1) is 57.2. The van der Waals surface area contributed by atoms with E-state index in [1.165, 1.54) is 128 Å². The van der Waals surface area contributed by atoms with Gasteiger partial charge in [-0.05, 0) is 51.4 Å². The minimum Gasteiger partial charge on any atom is -0.462 e. The molecule has 0 heterocycles. The third kappa shape index (κ3) is 45.6. The molecule has 0 aliphatic heterocycles. The molecule has 0 aromatic carbocycles. The maximum absolute atomic E-state index is 12.6. The Kier molecular flexibility index (Phi) is 44.4. The summed E-state index contributed by atoms with van der Waals surface area (Å²) < 4.78 is 32.9. The predicted molar refractivity (Wildman–Crippen MR) is 247 cm³/mol. The highest BCUT2D eigenvalue weighted by atomic mass is 31.2. The van der Waals surface area contributed by atoms with Crippen LogP contribution in [0.1, 0.15) is 232 Å². The van der Waals surface area contributed by atoms with Gasteiger partial charge in [0, 0.05) is 19.4 Å². The van der Waals surface area contributed by atoms with Gasteiger partial charge < -0.3 is 20.1 Å². The van der Waals surface area contributed by atoms with Gasteiger partial charge in [-0.15, -0.1) is 0 Å². The lowest BCUT2D eigenvalue weighted by Crippen LogP contribution is -2.29. The van der Waals surface area contributed by atoms with Crippen molar-refractivity contribution in [2.45, 2.75) is 238 Å². The van der Waals surface area contributed by atoms with Gasteiger partial charge >= 0.3 is 19.8 Å². The average molecular weight is 854 g/mol. The Morgan fingerprint density at radius 2 is 0.881 bits per heavy atom. The zero-order valence-corrected chi connectivity index (χ0v) is 39.1. The second kappa shape index (κ2) is 45.7. The van der Waals surface area contributed by atoms with Gasteiger partial charge in [-0.1, -0.05) is 204 Å². The minimum absolute atomic E-state index is 0.0516. The van der Waals surface area contributed by atoms with E-state index in [-0.39, 0.29) is 38.6 Å². The molecule has 0 amide bonds. The van der Waals surface area contributed by atoms with E-state index in [0.29, 0.717) is 6.42 Å². The lowest BCUT2D eigenvalue weighted by molar-refractivity contribution is -0.161. The average Bonchev–Trinajstić information content (AvgIpc) is 3.22. The number of phosphoric acid groups is 1. The molecule has 0 aromatic heterocycles. The molecule has 0 bridgehead atoms. The molecule has 0 aromatic rings. The molecule has 0 radical (unpaired) electrons. The number of esters is 2. The van der Waals surface area contributed by atoms with Crippen molar-refractivity contribution in [2.75, 3.05) is 26.4 Å². The van der Waals surface area contributed by atoms with Gasteiger partial charge in [-0.2, -0.15) is 0 Å². The number of unbranched alkanes of at least 4 members (excludes halogenated alkanes) is 27. The lowest BCUT2D eigenvalue weighted by Gasteiger charge is -2.19. The van der Waals surface area contributed by atoms with Crippen LogP contribution in [0.4, 0.5) is 0 Å². The van der Waals surface area contributed by atoms with E-state index in [2.05, 4.69) is 50.3 Å². The molecule has 0 saturated heterocycles. The maximum Gasteiger partial charge on any atom is 0.472 e. The first-order chi connectivity index (χ1) is 28.8. The highest BCUT2D eigenvalue weighted by Gasteiger charge is 2.26. The smallest absolute Gasteiger partial charge is 0.462 e. The molecule has 0 aliphatic carbocycles. The van der Waals surface area contributed by atoms with Gasteiger partial charge in [0.1, 0.15) is 6.61 Å². The van der Waals surface area contributed by atoms with E-state index in [4.69, 9.17) is 24.3 Å². The van der Waals surface area contributed by atoms with E-state index in [1.54, 1.807) is 0 Å². The second-order valence-corrected chi connectivity index (χ2v) is 17.8. The Labute approximate surface area is 363 Å². The van der Waals surface area contributed by atoms with Crippen LogP contribution in [0.5, 0.6) is 0 Å². The zero-order chi connectivity index (χ0) is 43.2. The van der Waals surface area contributed by atoms with Crippen LogP contribution in [-0.2, 0) is 32.7 Å². The fourth-order valence-corrected chi connectivity index (χ4v) is 7.64. The molecule has 3 N–H and O–H groups in total. The minimum atomic E-state index is -4.38. The first-order valence-electron chi connectivity index (χ1n) is 24.5. The summed E-state index contributed by atoms with van der Waals surface area (Å²) in [5.41, 5.74) is 5.36. The summed E-state index contributed by atoms with van der Waals surface area (Å²) >= 11 is 0. The summed E-state index contributed by atoms with van der Waals surface area (Å²) in [6, 6.07) is 0. The quantitative estimate of drug-likeness (QED) is 0.0265. The van der Waals surface area contributed by atoms with Gasteiger partial charge in [-0.3, -0.25) is 18.6 Å². The van der Waals surface area contributed by atoms with Gasteiger partial charge in [0.05, 0.1) is 13.2 Å². The van der Waals surface area contributed by atoms with Crippen molar-refractivity contribution in [3.05, 3.63) is 36.5 Å². The fraction of sp³-hybridized carbons (Fsp3) is 0.837. The molecular weight excluding hydrogens is 762 g/mol. The van der Waals surface area contributed by atoms with Gasteiger partial charge in [0.2, 0.25) is 0 Å². The zero-order valence-electron chi connectivity index (χ0n) is 38.2. The summed E-state index contributed by atoms with van der Waals surface area (Å²) in [5, 5.41) is 0. The molecule has 346 valence electrons. The van der Waals surface area contributed by atoms with Gasteiger partial charge in [0.15, 0.2) is 6.10 Å². The number of carbonyl (C=O) groups excluding carboxylic acids is 2. The van der Waals surface area contributed by atoms with Crippen molar-refractivity contribution in [3.8, 4) is 0 Å². The van der Waals surface area contributed by atoms with Crippen molar-refractivity contribution in [1.29, 1.82) is 0 Å². The summed E-state index contributed by atoms with van der Waals surface area (Å²) in [7, 11) is -4.38. The highest BCUT2D eigenvalue weighted by molar-refractivity contribution is 7.47. The van der Waals surface area contributed by atoms with Crippen molar-refractivity contribution in [3.63, 3.8) is 0 Å². The number of phosphoric ester groups is 1. The van der Waals surface area contributed by atoms with Crippen LogP contribution in [0.3, 0.4) is 0 Å². The second-order valence-electron chi connectivity index (χ2n) is 16.3. The van der Waals surface area contributed by atoms with Crippen molar-refractivity contribution >= 4 is 19.8 Å². The van der Waals surface area contributed by atoms with Crippen LogP contribution in [0.25, 0.3) is 0 Å². The number of hydrogen-bond donors (Lipinski definition) is 2. The Bertz CT molecular complexity index is 1060. The van der Waals surface area contributed by atoms with Crippen LogP contribution in [0.2, 0.25) is 0 Å². The Morgan fingerprint density at radius 1 is 0.508 bits per heavy atom. The molecule has 0 fully saturated rings. The summed E-state index contributed by atoms with van der Waals surface area (Å²) in [6.07, 6.45) is 51.7. The molecule has 0 saturated carbocycles. The predicted octanol–water partition coefficient (Wildman–Crippen LogP) is 14.5. The number of ether oxygens (including phenoxy) is 2. The summed E-state index contributed by atoms with van der Waals surface area (Å²) in [6.45, 7) is 3.74. The number of carbonyl (C=O) groups is 2. The molecule has 0 spiro atoms. The summed E-state index contributed by atoms with van der Waals surface area (Å²) in [5.74, 6) is -0.834. The molecule has 59 heavy (non-hydrogen) atoms. The summed E-state index contributed by atoms with van der Waals surface area (Å²) in [4.78, 5) is 35.0. The maximum atomic E-state index is 12.6. The molecule has 2 atom stereocenters. The van der Waals surface area contributed by atoms with Crippen LogP contribution < -0.4 is 5.73 Å². The topological polar surface area (TPSA) is 134 Å². The lowest BCUT2D eigenvalue weighted by atomic mass is 10.0. The Hall–Kier alpha value is -1.77. The molecular formula is C49H92NO8P. The van der Waals surface area contributed by atoms with E-state index in [9.17, 15) is 19.0 Å². The van der Waals surface area contributed by atoms with E-state index in [1.807, 2.05) is 0 Å². The third-order valence-corrected chi connectivity index (χ3v) is 11.5. The largest absolute Gasteiger partial charge is 0.472 e. The standard InChI is InChI=1S/C49H92NO8P/c1-3-5-7-9-11-13-15-17-19-21-22-23-24-26-28-30-32-34-36-38-40-42-49(52)58-47(46-57-59(53,54)56-44-43-50)45-55-48(51)41-39-37-35-33-31-29-27-25-20-18-16-14-12-10-8-6-4-2/h15,17,21-22,24,26,47H,3-14,16,18-20,23,25,27-46,50H2,1-2H3,(H,53,54)/b17-15-,22-21-,26-24-. The van der Waals surface area contributed by atoms with Crippen molar-refractivity contribution < 1.29 is 37.6 Å². The SMILES string of the molecule is CCCCCCC/C=C\C/C=C\C/C=C\CCCCCCCCC(=O)OC(COC(=O)CCCCCCCCCCCCCCCCCCC)COP(=O)(O)OCCN. The molecule has 9 nitrogen and oxygen atoms in total. The van der Waals surface area contributed by atoms with Crippen LogP contribution >= 0.6 is 7.82 Å². The third-order valence-electron chi connectivity index (χ3n) is 10.5. The number of nitrogens with two attached hydrogens (primary N) is 1. The Balaban J connectivity index is 4.10. The molecule has 0 rings (SSSR count). The van der Waals surface area contributed by atoms with Crippen LogP contribution in [0.15, 0.2) is 36.5 Å². The van der Waals surface area contributed by atoms with Crippen LogP contribution in [-0.4, -0.2) is 49.3 Å². The normalized spacial score (nSPS) is 13.5. The van der Waals surface area contributed by atoms with Gasteiger partial charge in [0.25, 0.3) is 0 Å². The molecule has 2 unspecified atom stereocenters. The van der Waals surface area contributed by atoms with E-state index >= 15 is 0 Å².